The third kappa shape index (κ3) is 2.12. The molecule has 0 bridgehead atoms. The molecule has 2 N–H and O–H groups in total. The summed E-state index contributed by atoms with van der Waals surface area (Å²) in [4.78, 5) is 13.7. The quantitative estimate of drug-likeness (QED) is 0.754. The zero-order chi connectivity index (χ0) is 13.4. The lowest BCUT2D eigenvalue weighted by Gasteiger charge is -2.05. The maximum Gasteiger partial charge on any atom is 0.417 e. The van der Waals surface area contributed by atoms with Crippen LogP contribution in [0.15, 0.2) is 31.9 Å². The number of rotatable bonds is 3. The summed E-state index contributed by atoms with van der Waals surface area (Å²) in [6, 6.07) is 5.44. The monoisotopic (exact) mass is 259 g/mol. The van der Waals surface area contributed by atoms with Crippen molar-refractivity contribution in [2.45, 2.75) is 20.4 Å². The number of aromatic nitrogens is 2. The van der Waals surface area contributed by atoms with Gasteiger partial charge >= 0.3 is 5.76 Å². The number of oxazole rings is 1. The molecule has 0 saturated carbocycles. The van der Waals surface area contributed by atoms with Crippen molar-refractivity contribution in [2.75, 3.05) is 5.32 Å². The van der Waals surface area contributed by atoms with Gasteiger partial charge in [-0.25, -0.2) is 4.79 Å². The second kappa shape index (κ2) is 4.31. The molecule has 0 saturated heterocycles. The molecule has 0 aliphatic carbocycles. The largest absolute Gasteiger partial charge is 0.417 e. The summed E-state index contributed by atoms with van der Waals surface area (Å²) in [5.74, 6) is 0.362. The number of nitrogens with zero attached hydrogens (tertiary/aromatic N) is 1. The third-order valence-corrected chi connectivity index (χ3v) is 3.07. The molecule has 6 heteroatoms. The van der Waals surface area contributed by atoms with Crippen LogP contribution < -0.4 is 11.1 Å². The lowest BCUT2D eigenvalue weighted by molar-refractivity contribution is 0.392. The van der Waals surface area contributed by atoms with Gasteiger partial charge in [-0.15, -0.1) is 0 Å². The van der Waals surface area contributed by atoms with Crippen molar-refractivity contribution >= 4 is 16.8 Å². The van der Waals surface area contributed by atoms with Gasteiger partial charge < -0.3 is 14.3 Å². The molecule has 0 spiro atoms. The summed E-state index contributed by atoms with van der Waals surface area (Å²) in [6.07, 6.45) is 0. The number of anilines is 1. The predicted octanol–water partition coefficient (Wildman–Crippen LogP) is 2.34. The van der Waals surface area contributed by atoms with E-state index in [9.17, 15) is 4.79 Å². The molecule has 0 fully saturated rings. The van der Waals surface area contributed by atoms with Crippen LogP contribution in [-0.2, 0) is 6.54 Å². The van der Waals surface area contributed by atoms with E-state index in [4.69, 9.17) is 8.94 Å². The van der Waals surface area contributed by atoms with Crippen LogP contribution in [0.5, 0.6) is 0 Å². The van der Waals surface area contributed by atoms with Gasteiger partial charge in [-0.2, -0.15) is 0 Å². The summed E-state index contributed by atoms with van der Waals surface area (Å²) in [5, 5.41) is 7.17. The Hall–Kier alpha value is -2.50. The number of nitrogens with one attached hydrogen (secondary N) is 2. The predicted molar refractivity (Wildman–Crippen MR) is 70.1 cm³/mol. The van der Waals surface area contributed by atoms with Crippen LogP contribution in [0, 0.1) is 13.8 Å². The van der Waals surface area contributed by atoms with E-state index in [0.717, 1.165) is 22.7 Å². The van der Waals surface area contributed by atoms with Crippen LogP contribution in [-0.4, -0.2) is 10.1 Å². The minimum Gasteiger partial charge on any atom is -0.408 e. The Morgan fingerprint density at radius 1 is 1.37 bits per heavy atom. The van der Waals surface area contributed by atoms with Gasteiger partial charge in [0.25, 0.3) is 0 Å². The highest BCUT2D eigenvalue weighted by Crippen LogP contribution is 2.18. The lowest BCUT2D eigenvalue weighted by atomic mass is 10.2. The Morgan fingerprint density at radius 2 is 2.21 bits per heavy atom. The normalized spacial score (nSPS) is 11.1. The van der Waals surface area contributed by atoms with E-state index in [2.05, 4.69) is 15.5 Å². The molecule has 0 atom stereocenters. The highest BCUT2D eigenvalue weighted by molar-refractivity contribution is 5.76. The van der Waals surface area contributed by atoms with E-state index in [1.165, 1.54) is 0 Å². The third-order valence-electron chi connectivity index (χ3n) is 3.07. The molecular weight excluding hydrogens is 246 g/mol. The van der Waals surface area contributed by atoms with Crippen molar-refractivity contribution in [3.8, 4) is 0 Å². The van der Waals surface area contributed by atoms with Gasteiger partial charge in [0.1, 0.15) is 5.76 Å². The first-order valence-electron chi connectivity index (χ1n) is 5.92. The molecule has 98 valence electrons. The second-order valence-corrected chi connectivity index (χ2v) is 4.38. The first-order valence-corrected chi connectivity index (χ1v) is 5.92. The van der Waals surface area contributed by atoms with Crippen molar-refractivity contribution in [1.82, 2.24) is 10.1 Å². The summed E-state index contributed by atoms with van der Waals surface area (Å²) in [5.41, 5.74) is 4.04. The van der Waals surface area contributed by atoms with E-state index in [0.29, 0.717) is 17.6 Å². The van der Waals surface area contributed by atoms with Gasteiger partial charge in [-0.3, -0.25) is 4.98 Å². The van der Waals surface area contributed by atoms with Gasteiger partial charge in [0.15, 0.2) is 5.58 Å². The van der Waals surface area contributed by atoms with Gasteiger partial charge in [0, 0.05) is 17.8 Å². The summed E-state index contributed by atoms with van der Waals surface area (Å²) in [6.45, 7) is 4.41. The van der Waals surface area contributed by atoms with E-state index < -0.39 is 5.76 Å². The number of aryl methyl sites for hydroxylation is 2. The van der Waals surface area contributed by atoms with Gasteiger partial charge in [0.05, 0.1) is 11.2 Å². The molecule has 3 aromatic rings. The Morgan fingerprint density at radius 3 is 2.95 bits per heavy atom. The van der Waals surface area contributed by atoms with Crippen molar-refractivity contribution in [1.29, 1.82) is 0 Å². The van der Waals surface area contributed by atoms with Crippen molar-refractivity contribution in [3.05, 3.63) is 45.8 Å². The van der Waals surface area contributed by atoms with Gasteiger partial charge in [-0.05, 0) is 32.0 Å². The molecular formula is C13H13N3O3. The summed E-state index contributed by atoms with van der Waals surface area (Å²) >= 11 is 0. The minimum absolute atomic E-state index is 0.446. The zero-order valence-electron chi connectivity index (χ0n) is 10.6. The maximum atomic E-state index is 11.1. The van der Waals surface area contributed by atoms with E-state index in [1.54, 1.807) is 6.07 Å². The zero-order valence-corrected chi connectivity index (χ0v) is 10.6. The van der Waals surface area contributed by atoms with E-state index in [-0.39, 0.29) is 0 Å². The van der Waals surface area contributed by atoms with Crippen molar-refractivity contribution < 1.29 is 8.94 Å². The Kier molecular flexibility index (Phi) is 2.63. The molecule has 6 nitrogen and oxygen atoms in total. The number of benzene rings is 1. The fraction of sp³-hybridized carbons (Fsp3) is 0.231. The summed E-state index contributed by atoms with van der Waals surface area (Å²) < 4.78 is 10.1. The molecule has 2 aromatic heterocycles. The Balaban J connectivity index is 1.83. The van der Waals surface area contributed by atoms with Gasteiger partial charge in [-0.1, -0.05) is 5.16 Å². The molecule has 0 aliphatic rings. The molecule has 0 radical (unpaired) electrons. The molecule has 0 aliphatic heterocycles. The fourth-order valence-electron chi connectivity index (χ4n) is 2.01. The van der Waals surface area contributed by atoms with E-state index >= 15 is 0 Å². The average Bonchev–Trinajstić information content (AvgIpc) is 2.89. The van der Waals surface area contributed by atoms with Crippen molar-refractivity contribution in [3.63, 3.8) is 0 Å². The molecule has 19 heavy (non-hydrogen) atoms. The fourth-order valence-corrected chi connectivity index (χ4v) is 2.01. The van der Waals surface area contributed by atoms with Crippen LogP contribution in [0.4, 0.5) is 5.69 Å². The van der Waals surface area contributed by atoms with Crippen LogP contribution in [0.25, 0.3) is 11.1 Å². The Labute approximate surface area is 108 Å². The number of aromatic amines is 1. The number of H-pyrrole nitrogens is 1. The molecule has 0 amide bonds. The van der Waals surface area contributed by atoms with Crippen molar-refractivity contribution in [2.24, 2.45) is 0 Å². The summed E-state index contributed by atoms with van der Waals surface area (Å²) in [7, 11) is 0. The highest BCUT2D eigenvalue weighted by Gasteiger charge is 2.08. The first kappa shape index (κ1) is 11.6. The molecule has 2 heterocycles. The SMILES string of the molecule is Cc1noc(C)c1CNc1ccc2oc(=O)[nH]c2c1. The lowest BCUT2D eigenvalue weighted by Crippen LogP contribution is -2.01. The van der Waals surface area contributed by atoms with E-state index in [1.807, 2.05) is 26.0 Å². The average molecular weight is 259 g/mol. The Bertz CT molecular complexity index is 762. The maximum absolute atomic E-state index is 11.1. The van der Waals surface area contributed by atoms with Crippen LogP contribution in [0.2, 0.25) is 0 Å². The van der Waals surface area contributed by atoms with Crippen LogP contribution in [0.1, 0.15) is 17.0 Å². The number of hydrogen-bond acceptors (Lipinski definition) is 5. The first-order chi connectivity index (χ1) is 9.13. The van der Waals surface area contributed by atoms with Crippen LogP contribution in [0.3, 0.4) is 0 Å². The molecule has 1 aromatic carbocycles. The number of hydrogen-bond donors (Lipinski definition) is 2. The minimum atomic E-state index is -0.446. The topological polar surface area (TPSA) is 84.1 Å². The molecule has 0 unspecified atom stereocenters. The smallest absolute Gasteiger partial charge is 0.408 e. The standard InChI is InChI=1S/C13H13N3O3/c1-7-10(8(2)19-16-7)6-14-9-3-4-12-11(5-9)15-13(17)18-12/h3-5,14H,6H2,1-2H3,(H,15,17). The molecule has 3 rings (SSSR count). The number of fused-ring (bicyclic) bond motifs is 1. The van der Waals surface area contributed by atoms with Gasteiger partial charge in [0.2, 0.25) is 0 Å². The van der Waals surface area contributed by atoms with Crippen LogP contribution >= 0.6 is 0 Å². The highest BCUT2D eigenvalue weighted by atomic mass is 16.5. The second-order valence-electron chi connectivity index (χ2n) is 4.38.